The summed E-state index contributed by atoms with van der Waals surface area (Å²) in [5, 5.41) is 1.05. The lowest BCUT2D eigenvalue weighted by Gasteiger charge is -2.30. The average Bonchev–Trinajstić information content (AvgIpc) is 3.84. The smallest absolute Gasteiger partial charge is 0.164 e. The minimum Gasteiger partial charge on any atom is -0.456 e. The molecule has 0 amide bonds. The van der Waals surface area contributed by atoms with Crippen molar-refractivity contribution in [2.24, 2.45) is 0 Å². The number of benzene rings is 6. The van der Waals surface area contributed by atoms with Gasteiger partial charge in [-0.25, -0.2) is 15.0 Å². The second-order valence-corrected chi connectivity index (χ2v) is 14.8. The van der Waals surface area contributed by atoms with Crippen molar-refractivity contribution in [2.75, 3.05) is 4.90 Å². The fourth-order valence-corrected chi connectivity index (χ4v) is 9.07. The first-order valence-corrected chi connectivity index (χ1v) is 18.3. The number of furan rings is 1. The van der Waals surface area contributed by atoms with Gasteiger partial charge in [-0.15, -0.1) is 0 Å². The summed E-state index contributed by atoms with van der Waals surface area (Å²) < 4.78 is 6.67. The number of hydrogen-bond acceptors (Lipinski definition) is 5. The molecule has 11 rings (SSSR count). The van der Waals surface area contributed by atoms with Gasteiger partial charge in [-0.3, -0.25) is 0 Å². The van der Waals surface area contributed by atoms with Gasteiger partial charge in [0.25, 0.3) is 0 Å². The number of anilines is 2. The van der Waals surface area contributed by atoms with E-state index in [1.165, 1.54) is 44.8 Å². The van der Waals surface area contributed by atoms with Crippen LogP contribution in [-0.2, 0) is 5.41 Å². The molecule has 0 fully saturated rings. The quantitative estimate of drug-likeness (QED) is 0.185. The lowest BCUT2D eigenvalue weighted by Crippen LogP contribution is -2.30. The number of fused-ring (bicyclic) bond motifs is 10. The second-order valence-electron chi connectivity index (χ2n) is 14.8. The molecule has 3 heterocycles. The molecular weight excluding hydrogens is 649 g/mol. The molecule has 252 valence electrons. The van der Waals surface area contributed by atoms with Gasteiger partial charge < -0.3 is 9.32 Å². The van der Waals surface area contributed by atoms with Crippen LogP contribution in [0.4, 0.5) is 11.4 Å². The Hall–Kier alpha value is -6.59. The van der Waals surface area contributed by atoms with Crippen LogP contribution in [0.2, 0.25) is 0 Å². The number of hydrogen-bond donors (Lipinski definition) is 0. The van der Waals surface area contributed by atoms with Crippen molar-refractivity contribution in [3.63, 3.8) is 0 Å². The van der Waals surface area contributed by atoms with Crippen LogP contribution in [0.5, 0.6) is 0 Å². The van der Waals surface area contributed by atoms with Crippen molar-refractivity contribution in [2.45, 2.75) is 31.2 Å². The van der Waals surface area contributed by atoms with Gasteiger partial charge in [0.1, 0.15) is 11.3 Å². The summed E-state index contributed by atoms with van der Waals surface area (Å²) in [6.07, 6.45) is 4.45. The minimum absolute atomic E-state index is 0.0595. The molecule has 0 bridgehead atoms. The van der Waals surface area contributed by atoms with Crippen molar-refractivity contribution in [1.82, 2.24) is 15.0 Å². The van der Waals surface area contributed by atoms with E-state index in [2.05, 4.69) is 152 Å². The fraction of sp³-hybridized carbons (Fsp3) is 0.104. The zero-order valence-electron chi connectivity index (χ0n) is 29.4. The summed E-state index contributed by atoms with van der Waals surface area (Å²) >= 11 is 0. The standard InChI is InChI=1S/C48H34N4O/c1-48(2)36-21-11-9-18-32(36)33-25-24-30(28-37(33)48)46-49-45(29-14-5-3-6-15-29)50-47(51-46)35-20-13-23-40-43(35)44-41(53-40)27-26-39-42(44)34-19-10-12-22-38(34)52(39)31-16-7-4-8-17-31/h3-28,39,42H,1-2H3. The molecule has 0 saturated heterocycles. The summed E-state index contributed by atoms with van der Waals surface area (Å²) in [4.78, 5) is 18.1. The molecular formula is C48H34N4O. The first-order chi connectivity index (χ1) is 26.0. The Morgan fingerprint density at radius 1 is 0.585 bits per heavy atom. The third-order valence-electron chi connectivity index (χ3n) is 11.5. The molecule has 2 aromatic heterocycles. The molecule has 2 atom stereocenters. The molecule has 0 N–H and O–H groups in total. The van der Waals surface area contributed by atoms with Crippen LogP contribution < -0.4 is 4.90 Å². The summed E-state index contributed by atoms with van der Waals surface area (Å²) in [7, 11) is 0. The van der Waals surface area contributed by atoms with Crippen molar-refractivity contribution in [1.29, 1.82) is 0 Å². The average molecular weight is 683 g/mol. The van der Waals surface area contributed by atoms with Crippen molar-refractivity contribution >= 4 is 28.4 Å². The van der Waals surface area contributed by atoms with Gasteiger partial charge in [-0.2, -0.15) is 0 Å². The third-order valence-corrected chi connectivity index (χ3v) is 11.5. The van der Waals surface area contributed by atoms with Crippen LogP contribution in [0, 0.1) is 0 Å². The molecule has 8 aromatic rings. The Labute approximate surface area is 308 Å². The monoisotopic (exact) mass is 682 g/mol. The van der Waals surface area contributed by atoms with Crippen LogP contribution in [-0.4, -0.2) is 21.0 Å². The van der Waals surface area contributed by atoms with E-state index in [9.17, 15) is 0 Å². The number of rotatable bonds is 4. The first kappa shape index (κ1) is 30.1. The molecule has 3 aliphatic rings. The Morgan fingerprint density at radius 3 is 2.11 bits per heavy atom. The second kappa shape index (κ2) is 11.2. The molecule has 5 heteroatoms. The maximum Gasteiger partial charge on any atom is 0.164 e. The van der Waals surface area contributed by atoms with Gasteiger partial charge in [0.2, 0.25) is 0 Å². The SMILES string of the molecule is CC1(C)c2ccccc2-c2ccc(-c3nc(-c4ccccc4)nc(-c4cccc5oc6c(c45)C4c5ccccc5N(c5ccccc5)C4C=C6)n3)cc21. The van der Waals surface area contributed by atoms with Gasteiger partial charge in [0.05, 0.1) is 6.04 Å². The van der Waals surface area contributed by atoms with E-state index in [0.717, 1.165) is 33.4 Å². The Balaban J connectivity index is 1.12. The van der Waals surface area contributed by atoms with Crippen LogP contribution in [0.3, 0.4) is 0 Å². The first-order valence-electron chi connectivity index (χ1n) is 18.3. The largest absolute Gasteiger partial charge is 0.456 e. The number of para-hydroxylation sites is 2. The summed E-state index contributed by atoms with van der Waals surface area (Å²) in [5.41, 5.74) is 13.6. The Morgan fingerprint density at radius 2 is 1.26 bits per heavy atom. The van der Waals surface area contributed by atoms with Crippen LogP contribution in [0.15, 0.2) is 156 Å². The summed E-state index contributed by atoms with van der Waals surface area (Å²) in [5.74, 6) is 2.86. The van der Waals surface area contributed by atoms with Gasteiger partial charge in [-0.1, -0.05) is 135 Å². The third kappa shape index (κ3) is 4.40. The van der Waals surface area contributed by atoms with Gasteiger partial charge in [0, 0.05) is 50.3 Å². The zero-order chi connectivity index (χ0) is 35.3. The Bertz CT molecular complexity index is 2780. The maximum atomic E-state index is 6.67. The van der Waals surface area contributed by atoms with E-state index < -0.39 is 0 Å². The number of nitrogens with zero attached hydrogens (tertiary/aromatic N) is 4. The summed E-state index contributed by atoms with van der Waals surface area (Å²) in [6.45, 7) is 4.61. The number of aromatic nitrogens is 3. The molecule has 6 aromatic carbocycles. The van der Waals surface area contributed by atoms with Gasteiger partial charge in [0.15, 0.2) is 17.5 Å². The lowest BCUT2D eigenvalue weighted by atomic mass is 9.81. The topological polar surface area (TPSA) is 55.1 Å². The highest BCUT2D eigenvalue weighted by molar-refractivity contribution is 5.99. The van der Waals surface area contributed by atoms with E-state index >= 15 is 0 Å². The predicted molar refractivity (Wildman–Crippen MR) is 213 cm³/mol. The van der Waals surface area contributed by atoms with Crippen molar-refractivity contribution in [3.8, 4) is 45.3 Å². The maximum absolute atomic E-state index is 6.67. The predicted octanol–water partition coefficient (Wildman–Crippen LogP) is 11.6. The molecule has 0 saturated carbocycles. The van der Waals surface area contributed by atoms with E-state index in [1.807, 2.05) is 24.3 Å². The van der Waals surface area contributed by atoms with E-state index in [1.54, 1.807) is 0 Å². The highest BCUT2D eigenvalue weighted by atomic mass is 16.3. The molecule has 1 aliphatic heterocycles. The van der Waals surface area contributed by atoms with Crippen LogP contribution >= 0.6 is 0 Å². The molecule has 5 nitrogen and oxygen atoms in total. The Kier molecular flexibility index (Phi) is 6.36. The summed E-state index contributed by atoms with van der Waals surface area (Å²) in [6, 6.07) is 51.4. The molecule has 0 spiro atoms. The van der Waals surface area contributed by atoms with Crippen LogP contribution in [0.25, 0.3) is 62.3 Å². The highest BCUT2D eigenvalue weighted by Crippen LogP contribution is 2.55. The van der Waals surface area contributed by atoms with E-state index in [4.69, 9.17) is 19.4 Å². The van der Waals surface area contributed by atoms with Gasteiger partial charge >= 0.3 is 0 Å². The zero-order valence-corrected chi connectivity index (χ0v) is 29.4. The normalized spacial score (nSPS) is 17.3. The molecule has 53 heavy (non-hydrogen) atoms. The van der Waals surface area contributed by atoms with Gasteiger partial charge in [-0.05, 0) is 64.2 Å². The van der Waals surface area contributed by atoms with Crippen molar-refractivity contribution in [3.05, 3.63) is 180 Å². The van der Waals surface area contributed by atoms with Crippen LogP contribution in [0.1, 0.15) is 47.8 Å². The molecule has 2 unspecified atom stereocenters. The highest BCUT2D eigenvalue weighted by Gasteiger charge is 2.44. The lowest BCUT2D eigenvalue weighted by molar-refractivity contribution is 0.584. The minimum atomic E-state index is -0.142. The van der Waals surface area contributed by atoms with E-state index in [0.29, 0.717) is 17.5 Å². The van der Waals surface area contributed by atoms with Crippen molar-refractivity contribution < 1.29 is 4.42 Å². The molecule has 2 aliphatic carbocycles. The van der Waals surface area contributed by atoms with E-state index in [-0.39, 0.29) is 17.4 Å². The fourth-order valence-electron chi connectivity index (χ4n) is 9.07. The molecule has 0 radical (unpaired) electrons.